The van der Waals surface area contributed by atoms with Gasteiger partial charge >= 0.3 is 0 Å². The number of hydrogen-bond donors (Lipinski definition) is 1. The van der Waals surface area contributed by atoms with Crippen LogP contribution in [-0.2, 0) is 10.0 Å². The van der Waals surface area contributed by atoms with Crippen LogP contribution in [0.2, 0.25) is 5.02 Å². The van der Waals surface area contributed by atoms with E-state index in [2.05, 4.69) is 0 Å². The molecule has 6 heteroatoms. The first-order valence-electron chi connectivity index (χ1n) is 7.28. The number of primary sulfonamides is 1. The monoisotopic (exact) mass is 331 g/mol. The van der Waals surface area contributed by atoms with Crippen LogP contribution in [0.25, 0.3) is 0 Å². The third kappa shape index (κ3) is 5.49. The molecule has 0 unspecified atom stereocenters. The van der Waals surface area contributed by atoms with Crippen molar-refractivity contribution in [2.45, 2.75) is 38.5 Å². The molecule has 0 aliphatic heterocycles. The van der Waals surface area contributed by atoms with Crippen LogP contribution >= 0.6 is 11.6 Å². The predicted octanol–water partition coefficient (Wildman–Crippen LogP) is 3.35. The van der Waals surface area contributed by atoms with Crippen molar-refractivity contribution < 1.29 is 13.2 Å². The SMILES string of the molecule is NS(=O)(=O)CC1(COc2ccc(Cl)cc2)CCCCCC1. The van der Waals surface area contributed by atoms with Gasteiger partial charge in [0.15, 0.2) is 0 Å². The molecule has 1 fully saturated rings. The lowest BCUT2D eigenvalue weighted by Gasteiger charge is -2.31. The fraction of sp³-hybridized carbons (Fsp3) is 0.600. The molecule has 2 N–H and O–H groups in total. The Labute approximate surface area is 131 Å². The van der Waals surface area contributed by atoms with Crippen LogP contribution in [0.4, 0.5) is 0 Å². The molecule has 4 nitrogen and oxygen atoms in total. The molecule has 0 bridgehead atoms. The maximum Gasteiger partial charge on any atom is 0.209 e. The Balaban J connectivity index is 2.09. The minimum atomic E-state index is -3.51. The van der Waals surface area contributed by atoms with Gasteiger partial charge in [0.05, 0.1) is 12.4 Å². The zero-order chi connectivity index (χ0) is 15.3. The van der Waals surface area contributed by atoms with E-state index >= 15 is 0 Å². The van der Waals surface area contributed by atoms with Crippen LogP contribution < -0.4 is 9.88 Å². The van der Waals surface area contributed by atoms with E-state index in [1.807, 2.05) is 0 Å². The highest BCUT2D eigenvalue weighted by atomic mass is 35.5. The molecule has 1 aliphatic rings. The molecule has 0 radical (unpaired) electrons. The van der Waals surface area contributed by atoms with Crippen molar-refractivity contribution in [3.05, 3.63) is 29.3 Å². The minimum absolute atomic E-state index is 0.00636. The van der Waals surface area contributed by atoms with Gasteiger partial charge in [0.2, 0.25) is 10.0 Å². The molecule has 0 atom stereocenters. The Morgan fingerprint density at radius 2 is 1.67 bits per heavy atom. The standard InChI is InChI=1S/C15H22ClNO3S/c16-13-5-7-14(8-6-13)20-11-15(12-21(17,18)19)9-3-1-2-4-10-15/h5-8H,1-4,9-12H2,(H2,17,18,19). The summed E-state index contributed by atoms with van der Waals surface area (Å²) in [6.07, 6.45) is 6.04. The van der Waals surface area contributed by atoms with Gasteiger partial charge in [-0.2, -0.15) is 0 Å². The van der Waals surface area contributed by atoms with Gasteiger partial charge in [0, 0.05) is 10.4 Å². The molecule has 1 aromatic carbocycles. The molecule has 0 aromatic heterocycles. The normalized spacial score (nSPS) is 19.0. The third-order valence-corrected chi connectivity index (χ3v) is 5.30. The van der Waals surface area contributed by atoms with E-state index in [-0.39, 0.29) is 11.2 Å². The Morgan fingerprint density at radius 1 is 1.10 bits per heavy atom. The number of halogens is 1. The van der Waals surface area contributed by atoms with Crippen molar-refractivity contribution in [2.75, 3.05) is 12.4 Å². The summed E-state index contributed by atoms with van der Waals surface area (Å²) in [7, 11) is -3.51. The highest BCUT2D eigenvalue weighted by Crippen LogP contribution is 2.36. The topological polar surface area (TPSA) is 69.4 Å². The lowest BCUT2D eigenvalue weighted by Crippen LogP contribution is -2.38. The summed E-state index contributed by atoms with van der Waals surface area (Å²) in [4.78, 5) is 0. The highest BCUT2D eigenvalue weighted by Gasteiger charge is 2.35. The fourth-order valence-electron chi connectivity index (χ4n) is 3.00. The van der Waals surface area contributed by atoms with Gasteiger partial charge in [0.25, 0.3) is 0 Å². The van der Waals surface area contributed by atoms with Crippen molar-refractivity contribution >= 4 is 21.6 Å². The Hall–Kier alpha value is -0.780. The number of ether oxygens (including phenoxy) is 1. The van der Waals surface area contributed by atoms with Gasteiger partial charge in [-0.15, -0.1) is 0 Å². The van der Waals surface area contributed by atoms with Gasteiger partial charge in [0.1, 0.15) is 5.75 Å². The van der Waals surface area contributed by atoms with E-state index in [0.29, 0.717) is 17.4 Å². The van der Waals surface area contributed by atoms with E-state index in [4.69, 9.17) is 21.5 Å². The highest BCUT2D eigenvalue weighted by molar-refractivity contribution is 7.89. The van der Waals surface area contributed by atoms with Crippen LogP contribution in [0.15, 0.2) is 24.3 Å². The van der Waals surface area contributed by atoms with E-state index in [1.165, 1.54) is 0 Å². The summed E-state index contributed by atoms with van der Waals surface area (Å²) in [5.41, 5.74) is -0.371. The van der Waals surface area contributed by atoms with E-state index in [1.54, 1.807) is 24.3 Å². The molecule has 0 spiro atoms. The lowest BCUT2D eigenvalue weighted by molar-refractivity contribution is 0.146. The number of benzene rings is 1. The maximum atomic E-state index is 11.6. The molecule has 0 amide bonds. The van der Waals surface area contributed by atoms with E-state index < -0.39 is 10.0 Å². The van der Waals surface area contributed by atoms with Crippen LogP contribution in [0.5, 0.6) is 5.75 Å². The molecule has 21 heavy (non-hydrogen) atoms. The minimum Gasteiger partial charge on any atom is -0.493 e. The zero-order valence-corrected chi connectivity index (χ0v) is 13.6. The van der Waals surface area contributed by atoms with Gasteiger partial charge in [-0.3, -0.25) is 0 Å². The maximum absolute atomic E-state index is 11.6. The average Bonchev–Trinajstić information content (AvgIpc) is 2.62. The molecule has 1 aliphatic carbocycles. The zero-order valence-electron chi connectivity index (χ0n) is 12.1. The number of nitrogens with two attached hydrogens (primary N) is 1. The van der Waals surface area contributed by atoms with Gasteiger partial charge in [-0.05, 0) is 37.1 Å². The first-order valence-corrected chi connectivity index (χ1v) is 9.37. The number of sulfonamides is 1. The van der Waals surface area contributed by atoms with Crippen molar-refractivity contribution in [2.24, 2.45) is 10.6 Å². The fourth-order valence-corrected chi connectivity index (χ4v) is 4.35. The third-order valence-electron chi connectivity index (χ3n) is 4.03. The Morgan fingerprint density at radius 3 is 2.19 bits per heavy atom. The van der Waals surface area contributed by atoms with Crippen LogP contribution in [0, 0.1) is 5.41 Å². The quantitative estimate of drug-likeness (QED) is 0.841. The van der Waals surface area contributed by atoms with Crippen molar-refractivity contribution in [3.63, 3.8) is 0 Å². The van der Waals surface area contributed by atoms with Crippen molar-refractivity contribution in [1.29, 1.82) is 0 Å². The molecule has 1 saturated carbocycles. The summed E-state index contributed by atoms with van der Waals surface area (Å²) in [6.45, 7) is 0.380. The van der Waals surface area contributed by atoms with Crippen LogP contribution in [0.3, 0.4) is 0 Å². The molecule has 0 saturated heterocycles. The van der Waals surface area contributed by atoms with Gasteiger partial charge < -0.3 is 4.74 Å². The lowest BCUT2D eigenvalue weighted by atomic mass is 9.83. The second-order valence-corrected chi connectivity index (χ2v) is 8.01. The largest absolute Gasteiger partial charge is 0.493 e. The van der Waals surface area contributed by atoms with Crippen LogP contribution in [-0.4, -0.2) is 20.8 Å². The summed E-state index contributed by atoms with van der Waals surface area (Å²) in [6, 6.07) is 7.11. The van der Waals surface area contributed by atoms with Crippen molar-refractivity contribution in [1.82, 2.24) is 0 Å². The summed E-state index contributed by atoms with van der Waals surface area (Å²) in [5.74, 6) is 0.700. The predicted molar refractivity (Wildman–Crippen MR) is 85.1 cm³/mol. The Kier molecular flexibility index (Phi) is 5.52. The smallest absolute Gasteiger partial charge is 0.209 e. The molecule has 1 aromatic rings. The second-order valence-electron chi connectivity index (χ2n) is 5.96. The first-order chi connectivity index (χ1) is 9.89. The van der Waals surface area contributed by atoms with Crippen LogP contribution in [0.1, 0.15) is 38.5 Å². The number of rotatable bonds is 5. The molecular weight excluding hydrogens is 310 g/mol. The second kappa shape index (κ2) is 6.99. The molecular formula is C15H22ClNO3S. The summed E-state index contributed by atoms with van der Waals surface area (Å²) < 4.78 is 29.0. The van der Waals surface area contributed by atoms with Gasteiger partial charge in [-0.25, -0.2) is 13.6 Å². The first kappa shape index (κ1) is 16.6. The number of hydrogen-bond acceptors (Lipinski definition) is 3. The molecule has 2 rings (SSSR count). The van der Waals surface area contributed by atoms with Crippen molar-refractivity contribution in [3.8, 4) is 5.75 Å². The Bertz CT molecular complexity index is 549. The summed E-state index contributed by atoms with van der Waals surface area (Å²) >= 11 is 5.85. The van der Waals surface area contributed by atoms with Gasteiger partial charge in [-0.1, -0.05) is 37.3 Å². The molecule has 118 valence electrons. The van der Waals surface area contributed by atoms with E-state index in [0.717, 1.165) is 38.5 Å². The van der Waals surface area contributed by atoms with E-state index in [9.17, 15) is 8.42 Å². The summed E-state index contributed by atoms with van der Waals surface area (Å²) in [5, 5.41) is 5.94. The average molecular weight is 332 g/mol. The molecule has 0 heterocycles.